The summed E-state index contributed by atoms with van der Waals surface area (Å²) in [7, 11) is 0. The summed E-state index contributed by atoms with van der Waals surface area (Å²) in [6.45, 7) is 4.42. The minimum Gasteiger partial charge on any atom is -0.349 e. The van der Waals surface area contributed by atoms with E-state index in [9.17, 15) is 14.4 Å². The number of fused-ring (bicyclic) bond motifs is 1. The van der Waals surface area contributed by atoms with Gasteiger partial charge in [0, 0.05) is 13.0 Å². The first kappa shape index (κ1) is 19.3. The summed E-state index contributed by atoms with van der Waals surface area (Å²) >= 11 is 0. The van der Waals surface area contributed by atoms with Crippen LogP contribution >= 0.6 is 0 Å². The highest BCUT2D eigenvalue weighted by Crippen LogP contribution is 2.35. The zero-order valence-corrected chi connectivity index (χ0v) is 16.1. The highest BCUT2D eigenvalue weighted by molar-refractivity contribution is 6.05. The first-order valence-electron chi connectivity index (χ1n) is 9.82. The molecule has 5 heteroatoms. The monoisotopic (exact) mass is 368 g/mol. The SMILES string of the molecule is CC(C)C[C@H](NC(=O)CCN1C(=O)[C@H]2CC=CC[C@H]2C1=O)c1ccccc1. The summed E-state index contributed by atoms with van der Waals surface area (Å²) in [4.78, 5) is 38.8. The van der Waals surface area contributed by atoms with E-state index < -0.39 is 0 Å². The van der Waals surface area contributed by atoms with Crippen molar-refractivity contribution in [2.24, 2.45) is 17.8 Å². The van der Waals surface area contributed by atoms with E-state index in [1.54, 1.807) is 0 Å². The molecule has 3 amide bonds. The second-order valence-electron chi connectivity index (χ2n) is 7.89. The van der Waals surface area contributed by atoms with Gasteiger partial charge < -0.3 is 5.32 Å². The molecule has 1 aliphatic carbocycles. The Morgan fingerprint density at radius 2 is 1.67 bits per heavy atom. The molecule has 3 rings (SSSR count). The van der Waals surface area contributed by atoms with Crippen molar-refractivity contribution in [2.75, 3.05) is 6.54 Å². The van der Waals surface area contributed by atoms with Crippen LogP contribution in [0.15, 0.2) is 42.5 Å². The van der Waals surface area contributed by atoms with Gasteiger partial charge in [0.15, 0.2) is 0 Å². The predicted molar refractivity (Wildman–Crippen MR) is 103 cm³/mol. The Morgan fingerprint density at radius 3 is 2.22 bits per heavy atom. The minimum absolute atomic E-state index is 0.0598. The fourth-order valence-electron chi connectivity index (χ4n) is 4.00. The van der Waals surface area contributed by atoms with E-state index >= 15 is 0 Å². The van der Waals surface area contributed by atoms with E-state index in [0.29, 0.717) is 18.8 Å². The third-order valence-electron chi connectivity index (χ3n) is 5.41. The Balaban J connectivity index is 1.58. The first-order chi connectivity index (χ1) is 13.0. The Morgan fingerprint density at radius 1 is 1.07 bits per heavy atom. The molecule has 5 nitrogen and oxygen atoms in total. The minimum atomic E-state index is -0.233. The number of nitrogens with zero attached hydrogens (tertiary/aromatic N) is 1. The van der Waals surface area contributed by atoms with Gasteiger partial charge in [-0.15, -0.1) is 0 Å². The summed E-state index contributed by atoms with van der Waals surface area (Å²) in [5.74, 6) is -0.397. The van der Waals surface area contributed by atoms with Crippen molar-refractivity contribution >= 4 is 17.7 Å². The van der Waals surface area contributed by atoms with Gasteiger partial charge in [-0.2, -0.15) is 0 Å². The van der Waals surface area contributed by atoms with Crippen LogP contribution in [0.25, 0.3) is 0 Å². The van der Waals surface area contributed by atoms with Gasteiger partial charge in [-0.1, -0.05) is 56.3 Å². The Hall–Kier alpha value is -2.43. The number of hydrogen-bond donors (Lipinski definition) is 1. The highest BCUT2D eigenvalue weighted by Gasteiger charge is 2.46. The summed E-state index contributed by atoms with van der Waals surface area (Å²) in [6, 6.07) is 9.85. The standard InChI is InChI=1S/C22H28N2O3/c1-15(2)14-19(16-8-4-3-5-9-16)23-20(25)12-13-24-21(26)17-10-6-7-11-18(17)22(24)27/h3-9,15,17-19H,10-14H2,1-2H3,(H,23,25)/t17-,18+,19-/m0/s1. The molecule has 0 bridgehead atoms. The van der Waals surface area contributed by atoms with Gasteiger partial charge in [0.05, 0.1) is 17.9 Å². The summed E-state index contributed by atoms with van der Waals surface area (Å²) in [5.41, 5.74) is 1.07. The van der Waals surface area contributed by atoms with E-state index in [-0.39, 0.29) is 48.6 Å². The van der Waals surface area contributed by atoms with Gasteiger partial charge in [0.2, 0.25) is 17.7 Å². The van der Waals surface area contributed by atoms with Crippen LogP contribution in [-0.4, -0.2) is 29.2 Å². The van der Waals surface area contributed by atoms with Crippen LogP contribution in [0.5, 0.6) is 0 Å². The lowest BCUT2D eigenvalue weighted by molar-refractivity contribution is -0.140. The number of allylic oxidation sites excluding steroid dienone is 2. The fraction of sp³-hybridized carbons (Fsp3) is 0.500. The number of carbonyl (C=O) groups excluding carboxylic acids is 3. The van der Waals surface area contributed by atoms with Crippen LogP contribution in [0.1, 0.15) is 51.1 Å². The lowest BCUT2D eigenvalue weighted by Gasteiger charge is -2.22. The Labute approximate surface area is 160 Å². The fourth-order valence-corrected chi connectivity index (χ4v) is 4.00. The molecule has 2 aliphatic rings. The third kappa shape index (κ3) is 4.46. The molecule has 1 fully saturated rings. The maximum atomic E-state index is 12.5. The van der Waals surface area contributed by atoms with Crippen molar-refractivity contribution in [1.29, 1.82) is 0 Å². The number of hydrogen-bond acceptors (Lipinski definition) is 3. The lowest BCUT2D eigenvalue weighted by Crippen LogP contribution is -2.36. The van der Waals surface area contributed by atoms with Crippen molar-refractivity contribution in [1.82, 2.24) is 10.2 Å². The molecule has 1 heterocycles. The second-order valence-corrected chi connectivity index (χ2v) is 7.89. The van der Waals surface area contributed by atoms with Crippen molar-refractivity contribution in [2.45, 2.75) is 45.6 Å². The highest BCUT2D eigenvalue weighted by atomic mass is 16.2. The molecule has 1 saturated heterocycles. The van der Waals surface area contributed by atoms with Crippen LogP contribution in [0.4, 0.5) is 0 Å². The van der Waals surface area contributed by atoms with Crippen LogP contribution < -0.4 is 5.32 Å². The van der Waals surface area contributed by atoms with Crippen LogP contribution in [0, 0.1) is 17.8 Å². The number of imide groups is 1. The number of benzene rings is 1. The van der Waals surface area contributed by atoms with Crippen LogP contribution in [0.3, 0.4) is 0 Å². The summed E-state index contributed by atoms with van der Waals surface area (Å²) < 4.78 is 0. The van der Waals surface area contributed by atoms with Crippen molar-refractivity contribution < 1.29 is 14.4 Å². The molecule has 1 aliphatic heterocycles. The van der Waals surface area contributed by atoms with E-state index in [4.69, 9.17) is 0 Å². The normalized spacial score (nSPS) is 22.9. The quantitative estimate of drug-likeness (QED) is 0.593. The Bertz CT molecular complexity index is 700. The van der Waals surface area contributed by atoms with Gasteiger partial charge in [0.1, 0.15) is 0 Å². The molecule has 27 heavy (non-hydrogen) atoms. The van der Waals surface area contributed by atoms with Crippen LogP contribution in [-0.2, 0) is 14.4 Å². The first-order valence-corrected chi connectivity index (χ1v) is 9.82. The van der Waals surface area contributed by atoms with Crippen molar-refractivity contribution in [3.63, 3.8) is 0 Å². The molecule has 0 radical (unpaired) electrons. The van der Waals surface area contributed by atoms with Gasteiger partial charge in [-0.25, -0.2) is 0 Å². The second kappa shape index (κ2) is 8.51. The third-order valence-corrected chi connectivity index (χ3v) is 5.41. The average molecular weight is 368 g/mol. The number of likely N-dealkylation sites (tertiary alicyclic amines) is 1. The molecule has 1 aromatic rings. The number of carbonyl (C=O) groups is 3. The zero-order valence-electron chi connectivity index (χ0n) is 16.1. The molecule has 1 N–H and O–H groups in total. The zero-order chi connectivity index (χ0) is 19.4. The summed E-state index contributed by atoms with van der Waals surface area (Å²) in [6.07, 6.45) is 6.18. The Kier molecular flexibility index (Phi) is 6.09. The van der Waals surface area contributed by atoms with E-state index in [2.05, 4.69) is 19.2 Å². The van der Waals surface area contributed by atoms with Gasteiger partial charge in [0.25, 0.3) is 0 Å². The number of nitrogens with one attached hydrogen (secondary N) is 1. The van der Waals surface area contributed by atoms with Crippen LogP contribution in [0.2, 0.25) is 0 Å². The molecular weight excluding hydrogens is 340 g/mol. The molecule has 0 saturated carbocycles. The average Bonchev–Trinajstić information content (AvgIpc) is 2.91. The molecule has 3 atom stereocenters. The van der Waals surface area contributed by atoms with Gasteiger partial charge in [-0.05, 0) is 30.7 Å². The number of amides is 3. The molecular formula is C22H28N2O3. The maximum Gasteiger partial charge on any atom is 0.233 e. The molecule has 1 aromatic carbocycles. The molecule has 0 aromatic heterocycles. The van der Waals surface area contributed by atoms with E-state index in [1.807, 2.05) is 42.5 Å². The summed E-state index contributed by atoms with van der Waals surface area (Å²) in [5, 5.41) is 3.08. The van der Waals surface area contributed by atoms with Crippen molar-refractivity contribution in [3.05, 3.63) is 48.0 Å². The lowest BCUT2D eigenvalue weighted by atomic mass is 9.85. The largest absolute Gasteiger partial charge is 0.349 e. The van der Waals surface area contributed by atoms with E-state index in [0.717, 1.165) is 12.0 Å². The van der Waals surface area contributed by atoms with E-state index in [1.165, 1.54) is 4.90 Å². The molecule has 0 spiro atoms. The van der Waals surface area contributed by atoms with Crippen molar-refractivity contribution in [3.8, 4) is 0 Å². The maximum absolute atomic E-state index is 12.5. The number of rotatable bonds is 7. The van der Waals surface area contributed by atoms with Gasteiger partial charge in [-0.3, -0.25) is 19.3 Å². The molecule has 0 unspecified atom stereocenters. The molecule has 144 valence electrons. The van der Waals surface area contributed by atoms with Gasteiger partial charge >= 0.3 is 0 Å². The smallest absolute Gasteiger partial charge is 0.233 e. The topological polar surface area (TPSA) is 66.5 Å². The predicted octanol–water partition coefficient (Wildman–Crippen LogP) is 3.23.